The van der Waals surface area contributed by atoms with Crippen LogP contribution in [0.2, 0.25) is 0 Å². The summed E-state index contributed by atoms with van der Waals surface area (Å²) in [5.41, 5.74) is 0. The first-order chi connectivity index (χ1) is 12.8. The molecule has 0 aliphatic carbocycles. The molecule has 0 aliphatic heterocycles. The van der Waals surface area contributed by atoms with Crippen LogP contribution in [-0.2, 0) is 0 Å². The summed E-state index contributed by atoms with van der Waals surface area (Å²) in [4.78, 5) is 8.56. The minimum absolute atomic E-state index is 0. The fourth-order valence-corrected chi connectivity index (χ4v) is 1.34. The summed E-state index contributed by atoms with van der Waals surface area (Å²) in [6.07, 6.45) is -14.6. The summed E-state index contributed by atoms with van der Waals surface area (Å²) in [6.45, 7) is -2.90. The highest BCUT2D eigenvalue weighted by Gasteiger charge is 2.30. The summed E-state index contributed by atoms with van der Waals surface area (Å²) in [5.74, 6) is 0. The second-order valence-electron chi connectivity index (χ2n) is 5.24. The largest absolute Gasteiger partial charge is 0.503 e. The van der Waals surface area contributed by atoms with Crippen molar-refractivity contribution in [2.45, 2.75) is 48.8 Å². The standard InChI is InChI=1S/2C6H14O6.CH2O3.Al.Mg.H2O.5H/c2*7-1-3(9)5(11)6(12)4(10)2-8;2-1(3)4;;;;;;;;/h2*3-12H,1-2H2;(H2,2,3,4);;;1H2;;;;;. The van der Waals surface area contributed by atoms with Crippen molar-refractivity contribution < 1.29 is 81.8 Å². The zero-order valence-electron chi connectivity index (χ0n) is 15.1. The van der Waals surface area contributed by atoms with Gasteiger partial charge in [-0.2, -0.15) is 0 Å². The minimum atomic E-state index is -1.83. The van der Waals surface area contributed by atoms with Crippen LogP contribution >= 0.6 is 0 Å². The van der Waals surface area contributed by atoms with E-state index in [0.29, 0.717) is 0 Å². The summed E-state index contributed by atoms with van der Waals surface area (Å²) >= 11 is 0. The Balaban J connectivity index is -0.0000000793. The van der Waals surface area contributed by atoms with E-state index in [2.05, 4.69) is 0 Å². The molecule has 0 radical (unpaired) electrons. The molecular weight excluding hydrogens is 463 g/mol. The first-order valence-electron chi connectivity index (χ1n) is 7.61. The molecule has 0 bridgehead atoms. The lowest BCUT2D eigenvalue weighted by Crippen LogP contribution is -2.46. The van der Waals surface area contributed by atoms with E-state index in [1.54, 1.807) is 0 Å². The SMILES string of the molecule is O.O=C(O)O.OCC(O)C(O)C(O)C(O)CO.OCC(O)C(O)C(O)C(O)CO.[AlH3].[MgH2]. The molecule has 18 heteroatoms. The van der Waals surface area contributed by atoms with E-state index in [0.717, 1.165) is 0 Å². The smallest absolute Gasteiger partial charge is 0.450 e. The fraction of sp³-hybridized carbons (Fsp3) is 0.923. The van der Waals surface area contributed by atoms with Gasteiger partial charge in [0.2, 0.25) is 0 Å². The Labute approximate surface area is 203 Å². The molecule has 8 atom stereocenters. The van der Waals surface area contributed by atoms with E-state index >= 15 is 0 Å². The monoisotopic (exact) mass is 500 g/mol. The average molecular weight is 501 g/mol. The number of hydrogen-bond acceptors (Lipinski definition) is 13. The number of rotatable bonds is 10. The Morgan fingerprint density at radius 2 is 0.613 bits per heavy atom. The average Bonchev–Trinajstić information content (AvgIpc) is 2.68. The maximum Gasteiger partial charge on any atom is 0.503 e. The molecule has 0 spiro atoms. The van der Waals surface area contributed by atoms with Crippen LogP contribution in [0.15, 0.2) is 0 Å². The first kappa shape index (κ1) is 44.7. The zero-order valence-corrected chi connectivity index (χ0v) is 15.1. The van der Waals surface area contributed by atoms with E-state index in [4.69, 9.17) is 76.3 Å². The first-order valence-corrected chi connectivity index (χ1v) is 7.61. The molecule has 0 amide bonds. The molecule has 16 N–H and O–H groups in total. The van der Waals surface area contributed by atoms with E-state index in [1.165, 1.54) is 0 Å². The summed E-state index contributed by atoms with van der Waals surface area (Å²) < 4.78 is 0. The van der Waals surface area contributed by atoms with E-state index in [-0.39, 0.29) is 45.9 Å². The third kappa shape index (κ3) is 23.0. The predicted octanol–water partition coefficient (Wildman–Crippen LogP) is -9.87. The lowest BCUT2D eigenvalue weighted by atomic mass is 10.0. The van der Waals surface area contributed by atoms with Crippen molar-refractivity contribution in [2.75, 3.05) is 26.4 Å². The van der Waals surface area contributed by atoms with Crippen molar-refractivity contribution in [1.29, 1.82) is 0 Å². The highest BCUT2D eigenvalue weighted by Crippen LogP contribution is 2.04. The molecule has 8 unspecified atom stereocenters. The Hall–Kier alpha value is 0.0487. The fourth-order valence-electron chi connectivity index (χ4n) is 1.34. The Morgan fingerprint density at radius 1 is 0.516 bits per heavy atom. The van der Waals surface area contributed by atoms with Crippen molar-refractivity contribution >= 4 is 46.6 Å². The molecule has 0 heterocycles. The third-order valence-electron chi connectivity index (χ3n) is 3.02. The number of aliphatic hydroxyl groups excluding tert-OH is 12. The van der Waals surface area contributed by atoms with Gasteiger partial charge in [0.15, 0.2) is 17.4 Å². The number of carbonyl (C=O) groups is 1. The van der Waals surface area contributed by atoms with Gasteiger partial charge in [0, 0.05) is 0 Å². The highest BCUT2D eigenvalue weighted by atomic mass is 27.0. The predicted molar refractivity (Wildman–Crippen MR) is 109 cm³/mol. The lowest BCUT2D eigenvalue weighted by Gasteiger charge is -2.24. The van der Waals surface area contributed by atoms with Crippen LogP contribution in [0.1, 0.15) is 0 Å². The lowest BCUT2D eigenvalue weighted by molar-refractivity contribution is -0.123. The second-order valence-corrected chi connectivity index (χ2v) is 5.24. The van der Waals surface area contributed by atoms with Gasteiger partial charge in [0.05, 0.1) is 26.4 Å². The topological polar surface area (TPSA) is 332 Å². The molecule has 0 aromatic rings. The molecule has 0 saturated carbocycles. The molecule has 0 aliphatic rings. The van der Waals surface area contributed by atoms with Crippen molar-refractivity contribution in [3.63, 3.8) is 0 Å². The molecule has 0 rings (SSSR count). The van der Waals surface area contributed by atoms with Gasteiger partial charge < -0.3 is 77.0 Å². The van der Waals surface area contributed by atoms with Crippen LogP contribution in [0.5, 0.6) is 0 Å². The maximum atomic E-state index is 8.96. The quantitative estimate of drug-likeness (QED) is 0.124. The maximum absolute atomic E-state index is 8.96. The molecule has 0 saturated heterocycles. The van der Waals surface area contributed by atoms with Gasteiger partial charge in [-0.1, -0.05) is 0 Å². The Bertz CT molecular complexity index is 323. The minimum Gasteiger partial charge on any atom is -0.450 e. The molecular formula is C13H37AlMgO16. The van der Waals surface area contributed by atoms with Gasteiger partial charge in [0.25, 0.3) is 0 Å². The second kappa shape index (κ2) is 26.3. The van der Waals surface area contributed by atoms with Gasteiger partial charge in [-0.3, -0.25) is 0 Å². The Morgan fingerprint density at radius 3 is 0.677 bits per heavy atom. The van der Waals surface area contributed by atoms with Gasteiger partial charge in [0.1, 0.15) is 48.8 Å². The number of carboxylic acid groups (broad SMARTS) is 2. The molecule has 0 aromatic heterocycles. The van der Waals surface area contributed by atoms with E-state index < -0.39 is 81.4 Å². The van der Waals surface area contributed by atoms with Crippen LogP contribution in [0, 0.1) is 0 Å². The van der Waals surface area contributed by atoms with Gasteiger partial charge in [-0.05, 0) is 0 Å². The Kier molecular flexibility index (Phi) is 37.9. The van der Waals surface area contributed by atoms with Crippen molar-refractivity contribution in [3.8, 4) is 0 Å². The van der Waals surface area contributed by atoms with Crippen LogP contribution in [-0.4, -0.2) is 199 Å². The van der Waals surface area contributed by atoms with Gasteiger partial charge in [-0.15, -0.1) is 0 Å². The number of hydrogen-bond donors (Lipinski definition) is 14. The molecule has 16 nitrogen and oxygen atoms in total. The highest BCUT2D eigenvalue weighted by molar-refractivity contribution is 5.76. The van der Waals surface area contributed by atoms with Crippen LogP contribution in [0.25, 0.3) is 0 Å². The van der Waals surface area contributed by atoms with Gasteiger partial charge in [-0.25, -0.2) is 4.79 Å². The summed E-state index contributed by atoms with van der Waals surface area (Å²) in [7, 11) is 0. The third-order valence-corrected chi connectivity index (χ3v) is 3.02. The molecule has 31 heavy (non-hydrogen) atoms. The van der Waals surface area contributed by atoms with Crippen LogP contribution in [0.3, 0.4) is 0 Å². The normalized spacial score (nSPS) is 17.4. The van der Waals surface area contributed by atoms with E-state index in [9.17, 15) is 0 Å². The van der Waals surface area contributed by atoms with Crippen LogP contribution in [0.4, 0.5) is 4.79 Å². The van der Waals surface area contributed by atoms with Crippen LogP contribution < -0.4 is 0 Å². The van der Waals surface area contributed by atoms with Crippen molar-refractivity contribution in [1.82, 2.24) is 0 Å². The summed E-state index contributed by atoms with van der Waals surface area (Å²) in [6, 6.07) is 0. The summed E-state index contributed by atoms with van der Waals surface area (Å²) in [5, 5.41) is 118. The van der Waals surface area contributed by atoms with Crippen molar-refractivity contribution in [3.05, 3.63) is 0 Å². The zero-order chi connectivity index (χ0) is 23.0. The molecule has 190 valence electrons. The number of aliphatic hydroxyl groups is 12. The molecule has 0 fully saturated rings. The van der Waals surface area contributed by atoms with Gasteiger partial charge >= 0.3 is 29.2 Å². The molecule has 0 aromatic carbocycles. The van der Waals surface area contributed by atoms with E-state index in [1.807, 2.05) is 0 Å². The van der Waals surface area contributed by atoms with Crippen molar-refractivity contribution in [2.24, 2.45) is 0 Å².